The number of carbonyl (C=O) groups is 1. The predicted molar refractivity (Wildman–Crippen MR) is 83.4 cm³/mol. The van der Waals surface area contributed by atoms with E-state index in [1.807, 2.05) is 12.1 Å². The lowest BCUT2D eigenvalue weighted by atomic mass is 9.90. The zero-order valence-electron chi connectivity index (χ0n) is 12.9. The molecule has 1 saturated carbocycles. The van der Waals surface area contributed by atoms with E-state index in [0.717, 1.165) is 44.3 Å². The molecule has 1 heterocycles. The van der Waals surface area contributed by atoms with Crippen LogP contribution < -0.4 is 10.6 Å². The average molecular weight is 291 g/mol. The maximum Gasteiger partial charge on any atom is 0.356 e. The van der Waals surface area contributed by atoms with Crippen LogP contribution >= 0.6 is 0 Å². The van der Waals surface area contributed by atoms with E-state index >= 15 is 0 Å². The maximum absolute atomic E-state index is 11.6. The Morgan fingerprint density at radius 1 is 1.43 bits per heavy atom. The number of rotatable bonds is 5. The van der Waals surface area contributed by atoms with Gasteiger partial charge in [0.25, 0.3) is 0 Å². The number of esters is 1. The molecule has 0 spiro atoms. The van der Waals surface area contributed by atoms with Gasteiger partial charge in [-0.25, -0.2) is 9.78 Å². The fourth-order valence-corrected chi connectivity index (χ4v) is 2.99. The summed E-state index contributed by atoms with van der Waals surface area (Å²) in [7, 11) is 1.38. The summed E-state index contributed by atoms with van der Waals surface area (Å²) in [6.07, 6.45) is 7.10. The van der Waals surface area contributed by atoms with Crippen LogP contribution in [0, 0.1) is 0 Å². The lowest BCUT2D eigenvalue weighted by Crippen LogP contribution is -2.41. The van der Waals surface area contributed by atoms with Gasteiger partial charge in [0.15, 0.2) is 0 Å². The summed E-state index contributed by atoms with van der Waals surface area (Å²) in [4.78, 5) is 18.1. The van der Waals surface area contributed by atoms with Crippen LogP contribution in [0.1, 0.15) is 49.5 Å². The second-order valence-corrected chi connectivity index (χ2v) is 5.65. The number of pyridine rings is 1. The minimum absolute atomic E-state index is 0.341. The fourth-order valence-electron chi connectivity index (χ4n) is 2.99. The zero-order valence-corrected chi connectivity index (χ0v) is 12.9. The summed E-state index contributed by atoms with van der Waals surface area (Å²) in [5.41, 5.74) is 7.42. The molecule has 116 valence electrons. The van der Waals surface area contributed by atoms with Crippen molar-refractivity contribution in [2.24, 2.45) is 5.73 Å². The largest absolute Gasteiger partial charge is 0.464 e. The molecule has 0 saturated heterocycles. The van der Waals surface area contributed by atoms with Crippen molar-refractivity contribution in [3.8, 4) is 0 Å². The third kappa shape index (κ3) is 3.94. The molecule has 0 radical (unpaired) electrons. The normalized spacial score (nSPS) is 21.9. The first-order chi connectivity index (χ1) is 10.2. The van der Waals surface area contributed by atoms with E-state index in [-0.39, 0.29) is 5.97 Å². The number of nitrogens with two attached hydrogens (primary N) is 1. The molecule has 0 aromatic carbocycles. The molecule has 21 heavy (non-hydrogen) atoms. The highest BCUT2D eigenvalue weighted by molar-refractivity contribution is 5.88. The molecule has 0 bridgehead atoms. The standard InChI is InChI=1S/C16H25N3O2/c1-3-10-19(13-6-4-12(17)5-7-13)14-8-9-18-15(11-14)16(20)21-2/h8-9,11-13H,3-7,10,17H2,1-2H3. The number of aromatic nitrogens is 1. The Hall–Kier alpha value is -1.62. The summed E-state index contributed by atoms with van der Waals surface area (Å²) in [6.45, 7) is 3.15. The fraction of sp³-hybridized carbons (Fsp3) is 0.625. The maximum atomic E-state index is 11.6. The lowest BCUT2D eigenvalue weighted by molar-refractivity contribution is 0.0594. The number of methoxy groups -OCH3 is 1. The summed E-state index contributed by atoms with van der Waals surface area (Å²) < 4.78 is 4.75. The van der Waals surface area contributed by atoms with Crippen molar-refractivity contribution in [2.45, 2.75) is 51.1 Å². The Bertz CT molecular complexity index is 470. The Kier molecular flexibility index (Phi) is 5.56. The van der Waals surface area contributed by atoms with E-state index in [0.29, 0.717) is 17.8 Å². The number of nitrogens with zero attached hydrogens (tertiary/aromatic N) is 2. The van der Waals surface area contributed by atoms with Crippen LogP contribution in [0.2, 0.25) is 0 Å². The molecule has 0 atom stereocenters. The van der Waals surface area contributed by atoms with Gasteiger partial charge in [-0.3, -0.25) is 0 Å². The number of hydrogen-bond donors (Lipinski definition) is 1. The van der Waals surface area contributed by atoms with Crippen LogP contribution in [0.3, 0.4) is 0 Å². The van der Waals surface area contributed by atoms with Crippen molar-refractivity contribution < 1.29 is 9.53 Å². The Morgan fingerprint density at radius 3 is 2.76 bits per heavy atom. The quantitative estimate of drug-likeness (QED) is 0.843. The molecule has 0 aliphatic heterocycles. The van der Waals surface area contributed by atoms with Crippen LogP contribution in [-0.2, 0) is 4.74 Å². The van der Waals surface area contributed by atoms with Crippen molar-refractivity contribution in [2.75, 3.05) is 18.6 Å². The van der Waals surface area contributed by atoms with Gasteiger partial charge in [0, 0.05) is 30.5 Å². The van der Waals surface area contributed by atoms with Crippen molar-refractivity contribution in [1.29, 1.82) is 0 Å². The highest BCUT2D eigenvalue weighted by Gasteiger charge is 2.24. The molecule has 1 aromatic heterocycles. The molecule has 5 nitrogen and oxygen atoms in total. The molecule has 1 aromatic rings. The minimum atomic E-state index is -0.390. The number of carbonyl (C=O) groups excluding carboxylic acids is 1. The monoisotopic (exact) mass is 291 g/mol. The second-order valence-electron chi connectivity index (χ2n) is 5.65. The van der Waals surface area contributed by atoms with Crippen LogP contribution in [-0.4, -0.2) is 36.7 Å². The van der Waals surface area contributed by atoms with Gasteiger partial charge in [-0.15, -0.1) is 0 Å². The Balaban J connectivity index is 2.19. The topological polar surface area (TPSA) is 68.5 Å². The van der Waals surface area contributed by atoms with E-state index in [2.05, 4.69) is 16.8 Å². The van der Waals surface area contributed by atoms with Gasteiger partial charge >= 0.3 is 5.97 Å². The number of anilines is 1. The van der Waals surface area contributed by atoms with Gasteiger partial charge in [0.1, 0.15) is 5.69 Å². The second kappa shape index (κ2) is 7.41. The molecule has 5 heteroatoms. The Labute approximate surface area is 126 Å². The first-order valence-electron chi connectivity index (χ1n) is 7.72. The van der Waals surface area contributed by atoms with E-state index < -0.39 is 0 Å². The van der Waals surface area contributed by atoms with Crippen LogP contribution in [0.5, 0.6) is 0 Å². The van der Waals surface area contributed by atoms with Gasteiger partial charge < -0.3 is 15.4 Å². The molecule has 1 aliphatic rings. The van der Waals surface area contributed by atoms with Crippen molar-refractivity contribution >= 4 is 11.7 Å². The van der Waals surface area contributed by atoms with E-state index in [4.69, 9.17) is 10.5 Å². The van der Waals surface area contributed by atoms with Gasteiger partial charge in [-0.05, 0) is 44.2 Å². The molecule has 2 N–H and O–H groups in total. The molecule has 1 aliphatic carbocycles. The molecule has 0 amide bonds. The third-order valence-corrected chi connectivity index (χ3v) is 4.12. The molecular weight excluding hydrogens is 266 g/mol. The van der Waals surface area contributed by atoms with Crippen LogP contribution in [0.25, 0.3) is 0 Å². The van der Waals surface area contributed by atoms with E-state index in [1.54, 1.807) is 6.20 Å². The SMILES string of the molecule is CCCN(c1ccnc(C(=O)OC)c1)C1CCC(N)CC1. The highest BCUT2D eigenvalue weighted by Crippen LogP contribution is 2.27. The zero-order chi connectivity index (χ0) is 15.2. The third-order valence-electron chi connectivity index (χ3n) is 4.12. The van der Waals surface area contributed by atoms with Gasteiger partial charge in [0.2, 0.25) is 0 Å². The first-order valence-corrected chi connectivity index (χ1v) is 7.72. The first kappa shape index (κ1) is 15.8. The summed E-state index contributed by atoms with van der Waals surface area (Å²) in [5.74, 6) is -0.390. The predicted octanol–water partition coefficient (Wildman–Crippen LogP) is 2.35. The van der Waals surface area contributed by atoms with Crippen molar-refractivity contribution in [3.63, 3.8) is 0 Å². The van der Waals surface area contributed by atoms with E-state index in [1.165, 1.54) is 7.11 Å². The van der Waals surface area contributed by atoms with Crippen LogP contribution in [0.4, 0.5) is 5.69 Å². The smallest absolute Gasteiger partial charge is 0.356 e. The van der Waals surface area contributed by atoms with Gasteiger partial charge in [0.05, 0.1) is 7.11 Å². The average Bonchev–Trinajstić information content (AvgIpc) is 2.53. The number of ether oxygens (including phenoxy) is 1. The summed E-state index contributed by atoms with van der Waals surface area (Å²) >= 11 is 0. The molecule has 1 fully saturated rings. The lowest BCUT2D eigenvalue weighted by Gasteiger charge is -2.37. The number of hydrogen-bond acceptors (Lipinski definition) is 5. The van der Waals surface area contributed by atoms with E-state index in [9.17, 15) is 4.79 Å². The summed E-state index contributed by atoms with van der Waals surface area (Å²) in [6, 6.07) is 4.64. The molecule has 0 unspecified atom stereocenters. The van der Waals surface area contributed by atoms with Crippen molar-refractivity contribution in [3.05, 3.63) is 24.0 Å². The van der Waals surface area contributed by atoms with Crippen molar-refractivity contribution in [1.82, 2.24) is 4.98 Å². The minimum Gasteiger partial charge on any atom is -0.464 e. The van der Waals surface area contributed by atoms with Crippen LogP contribution in [0.15, 0.2) is 18.3 Å². The molecular formula is C16H25N3O2. The Morgan fingerprint density at radius 2 is 2.14 bits per heavy atom. The highest BCUT2D eigenvalue weighted by atomic mass is 16.5. The van der Waals surface area contributed by atoms with Gasteiger partial charge in [-0.2, -0.15) is 0 Å². The molecule has 2 rings (SSSR count). The summed E-state index contributed by atoms with van der Waals surface area (Å²) in [5, 5.41) is 0. The van der Waals surface area contributed by atoms with Gasteiger partial charge in [-0.1, -0.05) is 6.92 Å².